The quantitative estimate of drug-likeness (QED) is 0.0332. The second kappa shape index (κ2) is 31.3. The standard InChI is InChI=1S/C35H63O8P/c1-3-5-7-9-11-13-15-17-18-20-22-24-26-28-30-35(37)43-33(32-42-44(38,39)40)31-41-34(36)29-27-25-23-21-19-16-14-12-10-8-6-4-2/h9,11-12,14-15,17,33H,3-8,10,13,16,18-32H2,1-2H3,(H2,38,39,40)/b11-9-,14-12-,17-15-. The smallest absolute Gasteiger partial charge is 0.462 e. The van der Waals surface area contributed by atoms with Crippen LogP contribution in [0.2, 0.25) is 0 Å². The lowest BCUT2D eigenvalue weighted by atomic mass is 10.1. The Morgan fingerprint density at radius 3 is 1.59 bits per heavy atom. The minimum Gasteiger partial charge on any atom is -0.462 e. The zero-order valence-electron chi connectivity index (χ0n) is 27.8. The Kier molecular flexibility index (Phi) is 30.0. The molecule has 2 N–H and O–H groups in total. The highest BCUT2D eigenvalue weighted by Crippen LogP contribution is 2.35. The Labute approximate surface area is 268 Å². The molecule has 0 amide bonds. The van der Waals surface area contributed by atoms with Crippen LogP contribution in [0.5, 0.6) is 0 Å². The summed E-state index contributed by atoms with van der Waals surface area (Å²) in [6, 6.07) is 0. The average Bonchev–Trinajstić information content (AvgIpc) is 2.98. The minimum atomic E-state index is -4.75. The van der Waals surface area contributed by atoms with Gasteiger partial charge >= 0.3 is 19.8 Å². The Morgan fingerprint density at radius 1 is 0.591 bits per heavy atom. The summed E-state index contributed by atoms with van der Waals surface area (Å²) in [5, 5.41) is 0. The predicted molar refractivity (Wildman–Crippen MR) is 179 cm³/mol. The molecule has 0 fully saturated rings. The summed E-state index contributed by atoms with van der Waals surface area (Å²) in [5.74, 6) is -0.915. The van der Waals surface area contributed by atoms with Gasteiger partial charge in [0.2, 0.25) is 0 Å². The Morgan fingerprint density at radius 2 is 1.05 bits per heavy atom. The summed E-state index contributed by atoms with van der Waals surface area (Å²) in [6.45, 7) is 3.57. The lowest BCUT2D eigenvalue weighted by Gasteiger charge is -2.18. The van der Waals surface area contributed by atoms with Crippen LogP contribution >= 0.6 is 7.82 Å². The molecule has 9 heteroatoms. The van der Waals surface area contributed by atoms with Crippen molar-refractivity contribution < 1.29 is 37.9 Å². The van der Waals surface area contributed by atoms with Crippen molar-refractivity contribution >= 4 is 19.8 Å². The number of ether oxygens (including phenoxy) is 2. The number of phosphoric acid groups is 1. The van der Waals surface area contributed by atoms with Gasteiger partial charge in [0, 0.05) is 12.8 Å². The van der Waals surface area contributed by atoms with Crippen molar-refractivity contribution in [3.05, 3.63) is 36.5 Å². The van der Waals surface area contributed by atoms with E-state index in [2.05, 4.69) is 54.8 Å². The fourth-order valence-corrected chi connectivity index (χ4v) is 4.86. The first-order valence-corrected chi connectivity index (χ1v) is 18.8. The molecule has 256 valence electrons. The molecule has 0 saturated carbocycles. The van der Waals surface area contributed by atoms with E-state index in [1.165, 1.54) is 32.1 Å². The molecule has 0 rings (SSSR count). The molecule has 8 nitrogen and oxygen atoms in total. The number of phosphoric ester groups is 1. The molecule has 0 aliphatic heterocycles. The molecule has 44 heavy (non-hydrogen) atoms. The van der Waals surface area contributed by atoms with Crippen LogP contribution in [0.3, 0.4) is 0 Å². The third-order valence-electron chi connectivity index (χ3n) is 7.13. The first-order valence-electron chi connectivity index (χ1n) is 17.3. The van der Waals surface area contributed by atoms with E-state index in [1.807, 2.05) is 0 Å². The van der Waals surface area contributed by atoms with Gasteiger partial charge in [-0.1, -0.05) is 115 Å². The lowest BCUT2D eigenvalue weighted by Crippen LogP contribution is -2.29. The highest BCUT2D eigenvalue weighted by molar-refractivity contribution is 7.46. The molecule has 0 aliphatic rings. The van der Waals surface area contributed by atoms with E-state index in [9.17, 15) is 14.2 Å². The number of hydrogen-bond donors (Lipinski definition) is 2. The van der Waals surface area contributed by atoms with E-state index in [0.717, 1.165) is 83.5 Å². The number of carbonyl (C=O) groups excluding carboxylic acids is 2. The van der Waals surface area contributed by atoms with Gasteiger partial charge in [-0.15, -0.1) is 0 Å². The third kappa shape index (κ3) is 33.2. The molecule has 0 aliphatic carbocycles. The summed E-state index contributed by atoms with van der Waals surface area (Å²) in [5.41, 5.74) is 0. The zero-order valence-corrected chi connectivity index (χ0v) is 28.7. The molecule has 0 spiro atoms. The van der Waals surface area contributed by atoms with Gasteiger partial charge in [0.1, 0.15) is 6.61 Å². The first kappa shape index (κ1) is 42.3. The van der Waals surface area contributed by atoms with Crippen LogP contribution in [0.1, 0.15) is 155 Å². The highest BCUT2D eigenvalue weighted by atomic mass is 31.2. The number of hydrogen-bond acceptors (Lipinski definition) is 6. The second-order valence-electron chi connectivity index (χ2n) is 11.5. The Bertz CT molecular complexity index is 818. The average molecular weight is 643 g/mol. The molecule has 0 aromatic rings. The Hall–Kier alpha value is -1.73. The molecule has 0 bridgehead atoms. The molecule has 1 unspecified atom stereocenters. The van der Waals surface area contributed by atoms with Crippen LogP contribution in [-0.2, 0) is 28.2 Å². The summed E-state index contributed by atoms with van der Waals surface area (Å²) in [4.78, 5) is 42.5. The molecule has 0 aromatic heterocycles. The molecule has 0 heterocycles. The summed E-state index contributed by atoms with van der Waals surface area (Å²) >= 11 is 0. The van der Waals surface area contributed by atoms with E-state index < -0.39 is 32.5 Å². The fraction of sp³-hybridized carbons (Fsp3) is 0.771. The van der Waals surface area contributed by atoms with Gasteiger partial charge in [0.05, 0.1) is 6.61 Å². The van der Waals surface area contributed by atoms with Crippen LogP contribution in [-0.4, -0.2) is 41.0 Å². The molecule has 1 atom stereocenters. The van der Waals surface area contributed by atoms with E-state index in [4.69, 9.17) is 19.3 Å². The number of carbonyl (C=O) groups is 2. The van der Waals surface area contributed by atoms with Crippen molar-refractivity contribution in [2.75, 3.05) is 13.2 Å². The second-order valence-corrected chi connectivity index (χ2v) is 12.7. The van der Waals surface area contributed by atoms with Gasteiger partial charge in [-0.05, 0) is 64.2 Å². The van der Waals surface area contributed by atoms with Gasteiger partial charge in [0.15, 0.2) is 6.10 Å². The molecule has 0 aromatic carbocycles. The van der Waals surface area contributed by atoms with Crippen molar-refractivity contribution in [2.45, 2.75) is 161 Å². The van der Waals surface area contributed by atoms with Gasteiger partial charge in [-0.25, -0.2) is 4.57 Å². The normalized spacial score (nSPS) is 12.9. The largest absolute Gasteiger partial charge is 0.469 e. The van der Waals surface area contributed by atoms with Crippen LogP contribution < -0.4 is 0 Å². The number of allylic oxidation sites excluding steroid dienone is 6. The summed E-state index contributed by atoms with van der Waals surface area (Å²) in [6.07, 6.45) is 34.3. The van der Waals surface area contributed by atoms with Crippen LogP contribution in [0.25, 0.3) is 0 Å². The van der Waals surface area contributed by atoms with Gasteiger partial charge < -0.3 is 19.3 Å². The maximum absolute atomic E-state index is 12.3. The van der Waals surface area contributed by atoms with Crippen molar-refractivity contribution in [2.24, 2.45) is 0 Å². The van der Waals surface area contributed by atoms with E-state index in [-0.39, 0.29) is 19.4 Å². The number of esters is 2. The lowest BCUT2D eigenvalue weighted by molar-refractivity contribution is -0.161. The number of unbranched alkanes of at least 4 members (excludes halogenated alkanes) is 15. The maximum atomic E-state index is 12.3. The Balaban J connectivity index is 4.05. The third-order valence-corrected chi connectivity index (χ3v) is 7.62. The van der Waals surface area contributed by atoms with E-state index in [1.54, 1.807) is 0 Å². The van der Waals surface area contributed by atoms with E-state index >= 15 is 0 Å². The predicted octanol–water partition coefficient (Wildman–Crippen LogP) is 9.84. The van der Waals surface area contributed by atoms with Crippen molar-refractivity contribution in [1.82, 2.24) is 0 Å². The molecule has 0 saturated heterocycles. The van der Waals surface area contributed by atoms with Crippen molar-refractivity contribution in [3.8, 4) is 0 Å². The van der Waals surface area contributed by atoms with Gasteiger partial charge in [-0.2, -0.15) is 0 Å². The molecular weight excluding hydrogens is 579 g/mol. The maximum Gasteiger partial charge on any atom is 0.469 e. The van der Waals surface area contributed by atoms with Gasteiger partial charge in [0.25, 0.3) is 0 Å². The topological polar surface area (TPSA) is 119 Å². The molecular formula is C35H63O8P. The highest BCUT2D eigenvalue weighted by Gasteiger charge is 2.22. The molecule has 0 radical (unpaired) electrons. The van der Waals surface area contributed by atoms with Crippen LogP contribution in [0.15, 0.2) is 36.5 Å². The monoisotopic (exact) mass is 642 g/mol. The van der Waals surface area contributed by atoms with Crippen LogP contribution in [0, 0.1) is 0 Å². The van der Waals surface area contributed by atoms with Crippen molar-refractivity contribution in [3.63, 3.8) is 0 Å². The fourth-order valence-electron chi connectivity index (χ4n) is 4.50. The van der Waals surface area contributed by atoms with E-state index in [0.29, 0.717) is 12.8 Å². The first-order chi connectivity index (χ1) is 21.3. The summed E-state index contributed by atoms with van der Waals surface area (Å²) < 4.78 is 26.2. The number of rotatable bonds is 31. The SMILES string of the molecule is CCCC/C=C\C/C=C\CCCCCCCC(=O)OC(COC(=O)CCCCCCC/C=C\CCCCC)COP(=O)(O)O. The summed E-state index contributed by atoms with van der Waals surface area (Å²) in [7, 11) is -4.75. The minimum absolute atomic E-state index is 0.194. The zero-order chi connectivity index (χ0) is 32.6. The van der Waals surface area contributed by atoms with Crippen molar-refractivity contribution in [1.29, 1.82) is 0 Å². The van der Waals surface area contributed by atoms with Gasteiger partial charge in [-0.3, -0.25) is 14.1 Å². The van der Waals surface area contributed by atoms with Crippen LogP contribution in [0.4, 0.5) is 0 Å².